The summed E-state index contributed by atoms with van der Waals surface area (Å²) in [6, 6.07) is 11.0. The van der Waals surface area contributed by atoms with Gasteiger partial charge in [-0.25, -0.2) is 0 Å². The van der Waals surface area contributed by atoms with Crippen LogP contribution in [-0.4, -0.2) is 60.3 Å². The molecule has 212 valence electrons. The summed E-state index contributed by atoms with van der Waals surface area (Å²) in [5.74, 6) is 0.428. The molecule has 5 rings (SSSR count). The summed E-state index contributed by atoms with van der Waals surface area (Å²) in [6.07, 6.45) is -2.13. The standard InChI is InChI=1S/C29H32F3N5O2S/c1-3-20-15-23(7-8-25(20)39-14-13-35-12-11-34-19(2)18-35)37-27(40)36(26(38)28(37)9-4-10-28)22-6-5-21(17-33)24(16-22)29(30,31)32/h5-8,15-16,19,34H,3-4,9-14,18H2,1-2H3. The Morgan fingerprint density at radius 3 is 2.58 bits per heavy atom. The Morgan fingerprint density at radius 2 is 1.95 bits per heavy atom. The number of nitrogens with one attached hydrogen (secondary N) is 1. The van der Waals surface area contributed by atoms with Gasteiger partial charge in [0.05, 0.1) is 22.9 Å². The number of thiocarbonyl (C=S) groups is 1. The van der Waals surface area contributed by atoms with Crippen LogP contribution in [0.15, 0.2) is 36.4 Å². The van der Waals surface area contributed by atoms with E-state index in [4.69, 9.17) is 17.0 Å². The lowest BCUT2D eigenvalue weighted by molar-refractivity contribution is -0.137. The van der Waals surface area contributed by atoms with Gasteiger partial charge in [-0.2, -0.15) is 18.4 Å². The lowest BCUT2D eigenvalue weighted by Crippen LogP contribution is -2.55. The number of anilines is 2. The van der Waals surface area contributed by atoms with Crippen LogP contribution >= 0.6 is 12.2 Å². The second-order valence-electron chi connectivity index (χ2n) is 10.6. The fourth-order valence-corrected chi connectivity index (χ4v) is 6.30. The quantitative estimate of drug-likeness (QED) is 0.476. The van der Waals surface area contributed by atoms with E-state index < -0.39 is 22.8 Å². The summed E-state index contributed by atoms with van der Waals surface area (Å²) in [6.45, 7) is 8.49. The number of amides is 1. The number of ether oxygens (including phenoxy) is 1. The molecule has 2 aromatic carbocycles. The number of piperazine rings is 1. The van der Waals surface area contributed by atoms with Gasteiger partial charge in [-0.05, 0) is 86.8 Å². The Hall–Kier alpha value is -3.20. The van der Waals surface area contributed by atoms with Crippen molar-refractivity contribution in [1.29, 1.82) is 5.26 Å². The van der Waals surface area contributed by atoms with Crippen LogP contribution in [0.4, 0.5) is 24.5 Å². The molecule has 1 N–H and O–H groups in total. The maximum absolute atomic E-state index is 13.8. The van der Waals surface area contributed by atoms with E-state index in [2.05, 4.69) is 17.1 Å². The minimum absolute atomic E-state index is 0.00741. The van der Waals surface area contributed by atoms with E-state index in [0.29, 0.717) is 37.6 Å². The smallest absolute Gasteiger partial charge is 0.417 e. The first kappa shape index (κ1) is 28.3. The fourth-order valence-electron chi connectivity index (χ4n) is 5.83. The van der Waals surface area contributed by atoms with Gasteiger partial charge in [-0.1, -0.05) is 6.92 Å². The highest BCUT2D eigenvalue weighted by molar-refractivity contribution is 7.81. The first-order valence-corrected chi connectivity index (χ1v) is 14.0. The summed E-state index contributed by atoms with van der Waals surface area (Å²) in [7, 11) is 0. The molecule has 7 nitrogen and oxygen atoms in total. The van der Waals surface area contributed by atoms with Gasteiger partial charge in [0, 0.05) is 37.9 Å². The molecule has 0 radical (unpaired) electrons. The number of halogens is 3. The fraction of sp³-hybridized carbons (Fsp3) is 0.483. The molecule has 2 aromatic rings. The van der Waals surface area contributed by atoms with Gasteiger partial charge >= 0.3 is 6.18 Å². The van der Waals surface area contributed by atoms with Crippen LogP contribution in [0.5, 0.6) is 5.75 Å². The van der Waals surface area contributed by atoms with Crippen LogP contribution in [-0.2, 0) is 17.4 Å². The molecule has 1 spiro atoms. The van der Waals surface area contributed by atoms with Gasteiger partial charge in [-0.15, -0.1) is 0 Å². The molecule has 2 saturated heterocycles. The molecule has 3 fully saturated rings. The third-order valence-corrected chi connectivity index (χ3v) is 8.45. The third kappa shape index (κ3) is 5.04. The highest BCUT2D eigenvalue weighted by Crippen LogP contribution is 2.49. The monoisotopic (exact) mass is 571 g/mol. The Morgan fingerprint density at radius 1 is 1.20 bits per heavy atom. The summed E-state index contributed by atoms with van der Waals surface area (Å²) in [5, 5.41) is 12.8. The first-order valence-electron chi connectivity index (χ1n) is 13.6. The molecule has 2 aliphatic heterocycles. The molecule has 0 aromatic heterocycles. The number of hydrogen-bond acceptors (Lipinski definition) is 6. The number of aryl methyl sites for hydroxylation is 1. The summed E-state index contributed by atoms with van der Waals surface area (Å²) >= 11 is 5.76. The normalized spacial score (nSPS) is 21.1. The van der Waals surface area contributed by atoms with Crippen molar-refractivity contribution in [2.24, 2.45) is 0 Å². The van der Waals surface area contributed by atoms with Crippen molar-refractivity contribution in [2.45, 2.75) is 57.3 Å². The topological polar surface area (TPSA) is 71.8 Å². The van der Waals surface area contributed by atoms with Crippen molar-refractivity contribution in [3.63, 3.8) is 0 Å². The average molecular weight is 572 g/mol. The molecular formula is C29H32F3N5O2S. The van der Waals surface area contributed by atoms with E-state index in [-0.39, 0.29) is 16.7 Å². The molecule has 1 saturated carbocycles. The van der Waals surface area contributed by atoms with Crippen LogP contribution < -0.4 is 19.9 Å². The SMILES string of the molecule is CCc1cc(N2C(=S)N(c3ccc(C#N)c(C(F)(F)F)c3)C(=O)C23CCC3)ccc1OCCN1CCNC(C)C1. The molecule has 0 bridgehead atoms. The predicted molar refractivity (Wildman–Crippen MR) is 151 cm³/mol. The van der Waals surface area contributed by atoms with Crippen LogP contribution in [0.25, 0.3) is 0 Å². The van der Waals surface area contributed by atoms with Gasteiger partial charge in [0.25, 0.3) is 5.91 Å². The van der Waals surface area contributed by atoms with Gasteiger partial charge < -0.3 is 15.0 Å². The highest BCUT2D eigenvalue weighted by atomic mass is 32.1. The van der Waals surface area contributed by atoms with Crippen LogP contribution in [0.1, 0.15) is 49.8 Å². The molecule has 1 aliphatic carbocycles. The van der Waals surface area contributed by atoms with Crippen LogP contribution in [0.2, 0.25) is 0 Å². The molecule has 1 amide bonds. The first-order chi connectivity index (χ1) is 19.1. The van der Waals surface area contributed by atoms with Crippen LogP contribution in [0, 0.1) is 11.3 Å². The van der Waals surface area contributed by atoms with Crippen molar-refractivity contribution >= 4 is 34.6 Å². The highest BCUT2D eigenvalue weighted by Gasteiger charge is 2.59. The average Bonchev–Trinajstić information content (AvgIpc) is 3.14. The lowest BCUT2D eigenvalue weighted by Gasteiger charge is -2.43. The second kappa shape index (κ2) is 11.0. The van der Waals surface area contributed by atoms with Crippen molar-refractivity contribution < 1.29 is 22.7 Å². The molecule has 1 unspecified atom stereocenters. The van der Waals surface area contributed by atoms with Crippen molar-refractivity contribution in [1.82, 2.24) is 10.2 Å². The van der Waals surface area contributed by atoms with Gasteiger partial charge in [0.15, 0.2) is 5.11 Å². The zero-order chi connectivity index (χ0) is 28.7. The number of nitriles is 1. The molecule has 40 heavy (non-hydrogen) atoms. The lowest BCUT2D eigenvalue weighted by atomic mass is 9.75. The van der Waals surface area contributed by atoms with E-state index in [0.717, 1.165) is 56.0 Å². The number of nitrogens with zero attached hydrogens (tertiary/aromatic N) is 4. The minimum Gasteiger partial charge on any atom is -0.492 e. The van der Waals surface area contributed by atoms with Gasteiger partial charge in [0.1, 0.15) is 17.9 Å². The Bertz CT molecular complexity index is 1350. The van der Waals surface area contributed by atoms with Crippen molar-refractivity contribution in [3.05, 3.63) is 53.1 Å². The van der Waals surface area contributed by atoms with E-state index in [1.165, 1.54) is 11.0 Å². The van der Waals surface area contributed by atoms with E-state index in [9.17, 15) is 23.2 Å². The summed E-state index contributed by atoms with van der Waals surface area (Å²) < 4.78 is 47.2. The molecule has 1 atom stereocenters. The number of carbonyl (C=O) groups is 1. The van der Waals surface area contributed by atoms with Crippen molar-refractivity contribution in [2.75, 3.05) is 42.6 Å². The van der Waals surface area contributed by atoms with Crippen LogP contribution in [0.3, 0.4) is 0 Å². The summed E-state index contributed by atoms with van der Waals surface area (Å²) in [5.41, 5.74) is -0.839. The van der Waals surface area contributed by atoms with Gasteiger partial charge in [0.2, 0.25) is 0 Å². The molecule has 2 heterocycles. The number of alkyl halides is 3. The summed E-state index contributed by atoms with van der Waals surface area (Å²) in [4.78, 5) is 19.1. The Kier molecular flexibility index (Phi) is 7.79. The Balaban J connectivity index is 1.41. The molecular weight excluding hydrogens is 539 g/mol. The number of carbonyl (C=O) groups excluding carboxylic acids is 1. The maximum Gasteiger partial charge on any atom is 0.417 e. The number of benzene rings is 2. The Labute approximate surface area is 237 Å². The van der Waals surface area contributed by atoms with Gasteiger partial charge in [-0.3, -0.25) is 14.6 Å². The van der Waals surface area contributed by atoms with E-state index in [1.54, 1.807) is 11.0 Å². The largest absolute Gasteiger partial charge is 0.492 e. The molecule has 3 aliphatic rings. The predicted octanol–water partition coefficient (Wildman–Crippen LogP) is 4.87. The van der Waals surface area contributed by atoms with Crippen molar-refractivity contribution in [3.8, 4) is 11.8 Å². The second-order valence-corrected chi connectivity index (χ2v) is 11.0. The maximum atomic E-state index is 13.8. The number of hydrogen-bond donors (Lipinski definition) is 1. The van der Waals surface area contributed by atoms with E-state index in [1.807, 2.05) is 25.1 Å². The minimum atomic E-state index is -4.74. The molecule has 11 heteroatoms. The number of rotatable bonds is 7. The zero-order valence-electron chi connectivity index (χ0n) is 22.6. The third-order valence-electron chi connectivity index (χ3n) is 8.08. The van der Waals surface area contributed by atoms with E-state index >= 15 is 0 Å². The zero-order valence-corrected chi connectivity index (χ0v) is 23.4.